The van der Waals surface area contributed by atoms with Crippen LogP contribution >= 0.6 is 24.0 Å². The van der Waals surface area contributed by atoms with E-state index < -0.39 is 18.5 Å². The van der Waals surface area contributed by atoms with Crippen molar-refractivity contribution in [3.8, 4) is 0 Å². The number of esters is 1. The van der Waals surface area contributed by atoms with Gasteiger partial charge in [0.05, 0.1) is 16.8 Å². The van der Waals surface area contributed by atoms with Crippen LogP contribution in [0.2, 0.25) is 0 Å². The molecule has 27 heavy (non-hydrogen) atoms. The molecule has 1 aromatic carbocycles. The summed E-state index contributed by atoms with van der Waals surface area (Å²) in [6.45, 7) is 1.93. The number of thioether (sulfide) groups is 1. The van der Waals surface area contributed by atoms with Crippen molar-refractivity contribution in [2.45, 2.75) is 6.92 Å². The van der Waals surface area contributed by atoms with Crippen molar-refractivity contribution in [1.82, 2.24) is 15.2 Å². The van der Waals surface area contributed by atoms with E-state index in [9.17, 15) is 14.4 Å². The number of pyridine rings is 1. The molecule has 1 saturated heterocycles. The maximum atomic E-state index is 12.4. The molecule has 7 nitrogen and oxygen atoms in total. The van der Waals surface area contributed by atoms with E-state index in [0.29, 0.717) is 38.8 Å². The number of fused-ring (bicyclic) bond motifs is 1. The molecule has 0 aliphatic carbocycles. The topological polar surface area (TPSA) is 88.6 Å². The molecular weight excluding hydrogens is 386 g/mol. The smallest absolute Gasteiger partial charge is 0.339 e. The van der Waals surface area contributed by atoms with Crippen LogP contribution in [0.3, 0.4) is 0 Å². The zero-order valence-corrected chi connectivity index (χ0v) is 16.2. The molecule has 9 heteroatoms. The zero-order valence-electron chi connectivity index (χ0n) is 14.6. The minimum absolute atomic E-state index is 0.0642. The van der Waals surface area contributed by atoms with Gasteiger partial charge in [-0.05, 0) is 19.1 Å². The molecule has 1 aliphatic heterocycles. The van der Waals surface area contributed by atoms with Crippen molar-refractivity contribution < 1.29 is 19.1 Å². The third-order valence-corrected chi connectivity index (χ3v) is 5.33. The Morgan fingerprint density at radius 3 is 2.89 bits per heavy atom. The Hall–Kier alpha value is -2.52. The normalized spacial score (nSPS) is 13.9. The van der Waals surface area contributed by atoms with E-state index in [1.807, 2.05) is 18.2 Å². The van der Waals surface area contributed by atoms with Gasteiger partial charge in [0.15, 0.2) is 6.61 Å². The second kappa shape index (κ2) is 8.45. The second-order valence-corrected chi connectivity index (χ2v) is 7.46. The van der Waals surface area contributed by atoms with Gasteiger partial charge in [0.2, 0.25) is 5.91 Å². The molecule has 2 aromatic rings. The highest BCUT2D eigenvalue weighted by atomic mass is 32.2. The van der Waals surface area contributed by atoms with E-state index in [4.69, 9.17) is 17.0 Å². The lowest BCUT2D eigenvalue weighted by Crippen LogP contribution is -2.38. The monoisotopic (exact) mass is 403 g/mol. The van der Waals surface area contributed by atoms with E-state index in [-0.39, 0.29) is 12.5 Å². The number of para-hydroxylation sites is 1. The van der Waals surface area contributed by atoms with Crippen LogP contribution in [0.5, 0.6) is 0 Å². The van der Waals surface area contributed by atoms with Crippen LogP contribution in [-0.2, 0) is 14.3 Å². The van der Waals surface area contributed by atoms with Gasteiger partial charge in [0.25, 0.3) is 5.91 Å². The number of nitrogens with zero attached hydrogens (tertiary/aromatic N) is 2. The van der Waals surface area contributed by atoms with E-state index in [1.54, 1.807) is 19.1 Å². The van der Waals surface area contributed by atoms with E-state index in [2.05, 4.69) is 10.3 Å². The minimum atomic E-state index is -0.584. The van der Waals surface area contributed by atoms with Gasteiger partial charge in [0, 0.05) is 24.2 Å². The van der Waals surface area contributed by atoms with Gasteiger partial charge in [0.1, 0.15) is 4.32 Å². The number of ether oxygens (including phenoxy) is 1. The van der Waals surface area contributed by atoms with Crippen LogP contribution in [0.4, 0.5) is 0 Å². The number of carbonyl (C=O) groups is 3. The lowest BCUT2D eigenvalue weighted by molar-refractivity contribution is -0.126. The number of rotatable bonds is 6. The Morgan fingerprint density at radius 2 is 2.15 bits per heavy atom. The number of nitrogens with one attached hydrogen (secondary N) is 1. The summed E-state index contributed by atoms with van der Waals surface area (Å²) < 4.78 is 5.64. The number of hydrogen-bond donors (Lipinski definition) is 1. The molecule has 0 bridgehead atoms. The summed E-state index contributed by atoms with van der Waals surface area (Å²) in [6, 6.07) is 8.89. The number of aromatic nitrogens is 1. The average molecular weight is 403 g/mol. The summed E-state index contributed by atoms with van der Waals surface area (Å²) in [5, 5.41) is 3.29. The Kier molecular flexibility index (Phi) is 6.02. The van der Waals surface area contributed by atoms with Gasteiger partial charge in [-0.2, -0.15) is 0 Å². The summed E-state index contributed by atoms with van der Waals surface area (Å²) >= 11 is 6.37. The molecule has 0 atom stereocenters. The van der Waals surface area contributed by atoms with Gasteiger partial charge in [-0.25, -0.2) is 4.79 Å². The predicted octanol–water partition coefficient (Wildman–Crippen LogP) is 1.68. The lowest BCUT2D eigenvalue weighted by atomic mass is 10.1. The van der Waals surface area contributed by atoms with Crippen LogP contribution in [0.1, 0.15) is 16.1 Å². The summed E-state index contributed by atoms with van der Waals surface area (Å²) in [4.78, 5) is 41.7. The maximum Gasteiger partial charge on any atom is 0.339 e. The fourth-order valence-electron chi connectivity index (χ4n) is 2.64. The summed E-state index contributed by atoms with van der Waals surface area (Å²) in [6.07, 6.45) is 0. The van der Waals surface area contributed by atoms with E-state index in [0.717, 1.165) is 0 Å². The molecule has 1 N–H and O–H groups in total. The number of amides is 2. The molecule has 1 aliphatic rings. The Morgan fingerprint density at radius 1 is 1.37 bits per heavy atom. The molecule has 2 amide bonds. The molecular formula is C18H17N3O4S2. The molecule has 3 rings (SSSR count). The third-order valence-electron chi connectivity index (χ3n) is 3.90. The highest BCUT2D eigenvalue weighted by molar-refractivity contribution is 8.23. The first-order valence-electron chi connectivity index (χ1n) is 8.23. The molecule has 0 saturated carbocycles. The molecule has 0 spiro atoms. The molecule has 1 aromatic heterocycles. The highest BCUT2D eigenvalue weighted by Crippen LogP contribution is 2.19. The summed E-state index contributed by atoms with van der Waals surface area (Å²) in [5.74, 6) is -0.752. The second-order valence-electron chi connectivity index (χ2n) is 5.85. The zero-order chi connectivity index (χ0) is 19.4. The average Bonchev–Trinajstić information content (AvgIpc) is 2.97. The van der Waals surface area contributed by atoms with Gasteiger partial charge in [-0.1, -0.05) is 42.2 Å². The van der Waals surface area contributed by atoms with Crippen LogP contribution in [0, 0.1) is 6.92 Å². The van der Waals surface area contributed by atoms with Crippen molar-refractivity contribution >= 4 is 57.0 Å². The quantitative estimate of drug-likeness (QED) is 0.580. The van der Waals surface area contributed by atoms with Gasteiger partial charge >= 0.3 is 5.97 Å². The molecule has 2 heterocycles. The van der Waals surface area contributed by atoms with Crippen LogP contribution in [-0.4, -0.2) is 57.4 Å². The lowest BCUT2D eigenvalue weighted by Gasteiger charge is -2.15. The number of carbonyl (C=O) groups excluding carboxylic acids is 3. The van der Waals surface area contributed by atoms with Crippen LogP contribution < -0.4 is 5.32 Å². The van der Waals surface area contributed by atoms with Gasteiger partial charge < -0.3 is 10.1 Å². The van der Waals surface area contributed by atoms with Crippen molar-refractivity contribution in [3.63, 3.8) is 0 Å². The highest BCUT2D eigenvalue weighted by Gasteiger charge is 2.26. The maximum absolute atomic E-state index is 12.4. The number of benzene rings is 1. The Labute approximate surface area is 165 Å². The predicted molar refractivity (Wildman–Crippen MR) is 107 cm³/mol. The fraction of sp³-hybridized carbons (Fsp3) is 0.278. The van der Waals surface area contributed by atoms with E-state index >= 15 is 0 Å². The van der Waals surface area contributed by atoms with Crippen LogP contribution in [0.25, 0.3) is 10.9 Å². The summed E-state index contributed by atoms with van der Waals surface area (Å²) in [5.41, 5.74) is 1.75. The first-order chi connectivity index (χ1) is 13.0. The number of thiocarbonyl (C=S) groups is 1. The number of hydrogen-bond acceptors (Lipinski definition) is 7. The molecule has 140 valence electrons. The van der Waals surface area contributed by atoms with Crippen molar-refractivity contribution in [2.24, 2.45) is 0 Å². The Bertz CT molecular complexity index is 916. The number of aryl methyl sites for hydroxylation is 1. The SMILES string of the molecule is Cc1cc(C(=O)OCC(=O)NCCN2C(=O)CSC2=S)c2ccccc2n1. The first-order valence-corrected chi connectivity index (χ1v) is 9.62. The van der Waals surface area contributed by atoms with Gasteiger partial charge in [-0.15, -0.1) is 0 Å². The fourth-order valence-corrected chi connectivity index (χ4v) is 3.76. The van der Waals surface area contributed by atoms with Crippen molar-refractivity contribution in [3.05, 3.63) is 41.6 Å². The molecule has 0 radical (unpaired) electrons. The molecule has 1 fully saturated rings. The van der Waals surface area contributed by atoms with E-state index in [1.165, 1.54) is 16.7 Å². The van der Waals surface area contributed by atoms with Gasteiger partial charge in [-0.3, -0.25) is 19.5 Å². The third kappa shape index (κ3) is 4.61. The molecule has 0 unspecified atom stereocenters. The first kappa shape index (κ1) is 19.2. The van der Waals surface area contributed by atoms with Crippen LogP contribution in [0.15, 0.2) is 30.3 Å². The van der Waals surface area contributed by atoms with Crippen molar-refractivity contribution in [1.29, 1.82) is 0 Å². The largest absolute Gasteiger partial charge is 0.452 e. The minimum Gasteiger partial charge on any atom is -0.452 e. The Balaban J connectivity index is 1.53. The standard InChI is InChI=1S/C18H17N3O4S2/c1-11-8-13(12-4-2-3-5-14(12)20-11)17(24)25-9-15(22)19-6-7-21-16(23)10-27-18(21)26/h2-5,8H,6-7,9-10H2,1H3,(H,19,22). The summed E-state index contributed by atoms with van der Waals surface area (Å²) in [7, 11) is 0. The van der Waals surface area contributed by atoms with Crippen molar-refractivity contribution in [2.75, 3.05) is 25.4 Å².